The first-order chi connectivity index (χ1) is 9.82. The van der Waals surface area contributed by atoms with E-state index in [4.69, 9.17) is 28.4 Å². The minimum atomic E-state index is -1.22. The molecule has 0 heterocycles. The van der Waals surface area contributed by atoms with Gasteiger partial charge in [0.15, 0.2) is 0 Å². The minimum Gasteiger partial charge on any atom is -0.381 e. The summed E-state index contributed by atoms with van der Waals surface area (Å²) in [6, 6.07) is 0. The van der Waals surface area contributed by atoms with Crippen LogP contribution in [0.3, 0.4) is 0 Å². The Hall–Kier alpha value is 0.194. The van der Waals surface area contributed by atoms with Gasteiger partial charge in [-0.2, -0.15) is 0 Å². The lowest BCUT2D eigenvalue weighted by Crippen LogP contribution is -2.76. The van der Waals surface area contributed by atoms with E-state index in [0.717, 1.165) is 12.8 Å². The second-order valence-corrected chi connectivity index (χ2v) is 11.1. The Balaban J connectivity index is 6.18. The third-order valence-electron chi connectivity index (χ3n) is 4.20. The maximum Gasteiger partial charge on any atom is 0.252 e. The lowest BCUT2D eigenvalue weighted by atomic mass is 9.94. The molecule has 0 bridgehead atoms. The monoisotopic (exact) mass is 340 g/mol. The van der Waals surface area contributed by atoms with Crippen LogP contribution in [-0.2, 0) is 28.4 Å². The normalized spacial score (nSPS) is 17.9. The van der Waals surface area contributed by atoms with E-state index in [9.17, 15) is 0 Å². The van der Waals surface area contributed by atoms with Crippen LogP contribution in [0.4, 0.5) is 0 Å². The fourth-order valence-corrected chi connectivity index (χ4v) is 4.48. The summed E-state index contributed by atoms with van der Waals surface area (Å²) in [7, 11) is 11.0. The van der Waals surface area contributed by atoms with Gasteiger partial charge in [-0.25, -0.2) is 0 Å². The second-order valence-electron chi connectivity index (χ2n) is 5.33. The largest absolute Gasteiger partial charge is 0.381 e. The Bertz CT molecular complexity index is 292. The van der Waals surface area contributed by atoms with E-state index in [2.05, 4.69) is 6.92 Å². The molecule has 0 aliphatic carbocycles. The van der Waals surface area contributed by atoms with Crippen molar-refractivity contribution >= 4 is 20.5 Å². The molecule has 0 saturated carbocycles. The summed E-state index contributed by atoms with van der Waals surface area (Å²) in [5.74, 6) is -2.42. The summed E-state index contributed by atoms with van der Waals surface area (Å²) >= 11 is 0. The lowest BCUT2D eigenvalue weighted by Gasteiger charge is -2.55. The van der Waals surface area contributed by atoms with Gasteiger partial charge in [0.25, 0.3) is 5.79 Å². The number of rotatable bonds is 11. The van der Waals surface area contributed by atoms with Crippen LogP contribution in [0.1, 0.15) is 19.8 Å². The van der Waals surface area contributed by atoms with Gasteiger partial charge in [0, 0.05) is 63.1 Å². The van der Waals surface area contributed by atoms with E-state index < -0.39 is 16.4 Å². The van der Waals surface area contributed by atoms with Crippen molar-refractivity contribution in [3.8, 4) is 0 Å². The van der Waals surface area contributed by atoms with Crippen LogP contribution in [-0.4, -0.2) is 85.7 Å². The Morgan fingerprint density at radius 1 is 0.810 bits per heavy atom. The van der Waals surface area contributed by atoms with Crippen molar-refractivity contribution in [1.29, 1.82) is 0 Å². The van der Waals surface area contributed by atoms with E-state index >= 15 is 0 Å². The fourth-order valence-electron chi connectivity index (χ4n) is 2.97. The lowest BCUT2D eigenvalue weighted by molar-refractivity contribution is -0.433. The van der Waals surface area contributed by atoms with E-state index in [0.29, 0.717) is 20.5 Å². The molecule has 0 radical (unpaired) electrons. The number of hydrogen-bond acceptors (Lipinski definition) is 6. The van der Waals surface area contributed by atoms with Crippen LogP contribution in [0.15, 0.2) is 0 Å². The SMILES string of the molecule is CCCC(OC)C(OC)(OC)C(OC)(OC)C([SiH3])([SiH3])OC. The molecule has 0 spiro atoms. The molecule has 21 heavy (non-hydrogen) atoms. The summed E-state index contributed by atoms with van der Waals surface area (Å²) in [4.78, 5) is -0.576. The van der Waals surface area contributed by atoms with E-state index in [1.165, 1.54) is 0 Å². The number of methoxy groups -OCH3 is 6. The Labute approximate surface area is 134 Å². The Kier molecular flexibility index (Phi) is 8.81. The van der Waals surface area contributed by atoms with Crippen LogP contribution in [0.25, 0.3) is 0 Å². The van der Waals surface area contributed by atoms with Gasteiger partial charge >= 0.3 is 0 Å². The molecule has 0 rings (SSSR count). The first-order valence-corrected chi connectivity index (χ1v) is 9.11. The Morgan fingerprint density at radius 2 is 1.29 bits per heavy atom. The molecule has 128 valence electrons. The summed E-state index contributed by atoms with van der Waals surface area (Å²) in [6.07, 6.45) is 1.31. The first kappa shape index (κ1) is 21.2. The highest BCUT2D eigenvalue weighted by molar-refractivity contribution is 6.40. The van der Waals surface area contributed by atoms with E-state index in [1.54, 1.807) is 42.7 Å². The maximum atomic E-state index is 5.81. The van der Waals surface area contributed by atoms with E-state index in [-0.39, 0.29) is 6.10 Å². The topological polar surface area (TPSA) is 55.4 Å². The zero-order valence-corrected chi connectivity index (χ0v) is 18.9. The van der Waals surface area contributed by atoms with Crippen LogP contribution in [0.5, 0.6) is 0 Å². The van der Waals surface area contributed by atoms with Gasteiger partial charge in [-0.1, -0.05) is 13.3 Å². The molecule has 1 unspecified atom stereocenters. The molecule has 0 fully saturated rings. The molecular formula is C13H32O6Si2. The van der Waals surface area contributed by atoms with Crippen molar-refractivity contribution in [2.75, 3.05) is 42.7 Å². The molecule has 0 saturated heterocycles. The average molecular weight is 341 g/mol. The standard InChI is InChI=1S/C13H32O6Si2/c1-8-9-10(14-2)11(15-3,16-4)12(17-5,18-6)13(20,21)19-7/h10H,8-9H2,1-7,20-21H3. The summed E-state index contributed by atoms with van der Waals surface area (Å²) in [5, 5.41) is 0. The molecule has 0 aromatic heterocycles. The van der Waals surface area contributed by atoms with Gasteiger partial charge in [-0.05, 0) is 6.42 Å². The highest BCUT2D eigenvalue weighted by atomic mass is 28.2. The van der Waals surface area contributed by atoms with Crippen LogP contribution in [0, 0.1) is 0 Å². The number of ether oxygens (including phenoxy) is 6. The van der Waals surface area contributed by atoms with Gasteiger partial charge < -0.3 is 28.4 Å². The molecule has 0 aromatic rings. The minimum absolute atomic E-state index is 0.352. The highest BCUT2D eigenvalue weighted by Gasteiger charge is 2.67. The molecule has 0 N–H and O–H groups in total. The molecule has 0 aliphatic rings. The van der Waals surface area contributed by atoms with Gasteiger partial charge in [-0.3, -0.25) is 0 Å². The van der Waals surface area contributed by atoms with Crippen LogP contribution < -0.4 is 0 Å². The van der Waals surface area contributed by atoms with Crippen molar-refractivity contribution in [2.24, 2.45) is 0 Å². The van der Waals surface area contributed by atoms with Crippen molar-refractivity contribution in [1.82, 2.24) is 0 Å². The number of hydrogen-bond donors (Lipinski definition) is 0. The predicted octanol–water partition coefficient (Wildman–Crippen LogP) is -1.19. The molecular weight excluding hydrogens is 308 g/mol. The third-order valence-corrected chi connectivity index (χ3v) is 6.34. The smallest absolute Gasteiger partial charge is 0.252 e. The average Bonchev–Trinajstić information content (AvgIpc) is 2.50. The van der Waals surface area contributed by atoms with Gasteiger partial charge in [0.2, 0.25) is 5.79 Å². The van der Waals surface area contributed by atoms with Gasteiger partial charge in [0.1, 0.15) is 6.10 Å². The fraction of sp³-hybridized carbons (Fsp3) is 1.00. The van der Waals surface area contributed by atoms with Gasteiger partial charge in [0.05, 0.1) is 4.85 Å². The third kappa shape index (κ3) is 3.42. The van der Waals surface area contributed by atoms with Crippen LogP contribution in [0.2, 0.25) is 0 Å². The Morgan fingerprint density at radius 3 is 1.52 bits per heavy atom. The highest BCUT2D eigenvalue weighted by Crippen LogP contribution is 2.43. The zero-order chi connectivity index (χ0) is 16.7. The maximum absolute atomic E-state index is 5.81. The molecule has 0 amide bonds. The quantitative estimate of drug-likeness (QED) is 0.348. The van der Waals surface area contributed by atoms with Gasteiger partial charge in [-0.15, -0.1) is 0 Å². The predicted molar refractivity (Wildman–Crippen MR) is 88.8 cm³/mol. The summed E-state index contributed by atoms with van der Waals surface area (Å²) in [6.45, 7) is 2.08. The summed E-state index contributed by atoms with van der Waals surface area (Å²) < 4.78 is 34.6. The van der Waals surface area contributed by atoms with Crippen molar-refractivity contribution in [2.45, 2.75) is 42.3 Å². The van der Waals surface area contributed by atoms with Crippen molar-refractivity contribution in [3.63, 3.8) is 0 Å². The molecule has 0 aliphatic heterocycles. The molecule has 8 heteroatoms. The first-order valence-electron chi connectivity index (χ1n) is 7.11. The summed E-state index contributed by atoms with van der Waals surface area (Å²) in [5.41, 5.74) is 0. The van der Waals surface area contributed by atoms with Crippen LogP contribution >= 0.6 is 0 Å². The van der Waals surface area contributed by atoms with E-state index in [1.807, 2.05) is 0 Å². The zero-order valence-electron chi connectivity index (χ0n) is 14.9. The second kappa shape index (κ2) is 8.73. The van der Waals surface area contributed by atoms with Crippen molar-refractivity contribution < 1.29 is 28.4 Å². The molecule has 1 atom stereocenters. The molecule has 6 nitrogen and oxygen atoms in total. The van der Waals surface area contributed by atoms with Crippen molar-refractivity contribution in [3.05, 3.63) is 0 Å². The molecule has 0 aromatic carbocycles.